The molecular formula is C18H21N3O5S2. The lowest BCUT2D eigenvalue weighted by atomic mass is 10.2. The summed E-state index contributed by atoms with van der Waals surface area (Å²) >= 11 is 0. The van der Waals surface area contributed by atoms with Gasteiger partial charge in [0.2, 0.25) is 10.0 Å². The number of aryl methyl sites for hydroxylation is 1. The van der Waals surface area contributed by atoms with E-state index in [1.165, 1.54) is 22.5 Å². The van der Waals surface area contributed by atoms with Crippen LogP contribution in [0, 0.1) is 6.92 Å². The summed E-state index contributed by atoms with van der Waals surface area (Å²) in [6, 6.07) is 10.5. The first-order valence-electron chi connectivity index (χ1n) is 8.64. The first kappa shape index (κ1) is 20.2. The number of benzene rings is 2. The lowest BCUT2D eigenvalue weighted by Gasteiger charge is -2.28. The van der Waals surface area contributed by atoms with E-state index in [0.29, 0.717) is 30.6 Å². The first-order chi connectivity index (χ1) is 13.1. The fraction of sp³-hybridized carbons (Fsp3) is 0.278. The zero-order chi connectivity index (χ0) is 20.5. The molecule has 10 heteroatoms. The van der Waals surface area contributed by atoms with Crippen molar-refractivity contribution in [3.05, 3.63) is 53.6 Å². The highest BCUT2D eigenvalue weighted by Crippen LogP contribution is 2.29. The van der Waals surface area contributed by atoms with Gasteiger partial charge in [0.25, 0.3) is 15.9 Å². The number of nitrogens with two attached hydrogens (primary N) is 1. The minimum atomic E-state index is -4.08. The van der Waals surface area contributed by atoms with Crippen molar-refractivity contribution >= 4 is 37.3 Å². The molecule has 0 bridgehead atoms. The lowest BCUT2D eigenvalue weighted by molar-refractivity contribution is 0.100. The number of hydrogen-bond acceptors (Lipinski definition) is 5. The number of nitrogens with one attached hydrogen (secondary N) is 1. The summed E-state index contributed by atoms with van der Waals surface area (Å²) in [5.74, 6) is -0.726. The third kappa shape index (κ3) is 3.97. The molecule has 0 atom stereocenters. The van der Waals surface area contributed by atoms with Crippen molar-refractivity contribution in [1.82, 2.24) is 0 Å². The van der Waals surface area contributed by atoms with Gasteiger partial charge in [0.1, 0.15) is 0 Å². The molecule has 0 spiro atoms. The summed E-state index contributed by atoms with van der Waals surface area (Å²) in [5, 5.41) is 0. The molecule has 8 nitrogen and oxygen atoms in total. The van der Waals surface area contributed by atoms with E-state index < -0.39 is 26.0 Å². The van der Waals surface area contributed by atoms with Crippen LogP contribution in [-0.2, 0) is 20.0 Å². The first-order valence-corrected chi connectivity index (χ1v) is 11.7. The van der Waals surface area contributed by atoms with Gasteiger partial charge in [-0.1, -0.05) is 18.2 Å². The molecule has 3 rings (SSSR count). The van der Waals surface area contributed by atoms with Gasteiger partial charge in [-0.25, -0.2) is 16.8 Å². The molecule has 2 aromatic carbocycles. The van der Waals surface area contributed by atoms with Crippen LogP contribution in [-0.4, -0.2) is 35.0 Å². The second kappa shape index (κ2) is 7.44. The third-order valence-corrected chi connectivity index (χ3v) is 7.91. The standard InChI is InChI=1S/C18H21N3O5S2/c1-13-8-9-14(21-10-4-5-11-27(21,23)24)12-17(13)28(25,26)20-16-7-3-2-6-15(16)18(19)22/h2-3,6-9,12,20H,4-5,10-11H2,1H3,(H2,19,22). The summed E-state index contributed by atoms with van der Waals surface area (Å²) in [5.41, 5.74) is 6.15. The molecular weight excluding hydrogens is 402 g/mol. The molecule has 0 unspecified atom stereocenters. The maximum absolute atomic E-state index is 13.0. The summed E-state index contributed by atoms with van der Waals surface area (Å²) in [4.78, 5) is 11.5. The number of sulfonamides is 2. The van der Waals surface area contributed by atoms with Crippen molar-refractivity contribution < 1.29 is 21.6 Å². The van der Waals surface area contributed by atoms with Crippen LogP contribution in [0.25, 0.3) is 0 Å². The van der Waals surface area contributed by atoms with Gasteiger partial charge in [-0.05, 0) is 49.6 Å². The van der Waals surface area contributed by atoms with Crippen LogP contribution in [0.3, 0.4) is 0 Å². The molecule has 0 aromatic heterocycles. The van der Waals surface area contributed by atoms with E-state index in [2.05, 4.69) is 4.72 Å². The molecule has 1 heterocycles. The highest BCUT2D eigenvalue weighted by molar-refractivity contribution is 7.93. The van der Waals surface area contributed by atoms with Crippen LogP contribution in [0.5, 0.6) is 0 Å². The largest absolute Gasteiger partial charge is 0.366 e. The lowest BCUT2D eigenvalue weighted by Crippen LogP contribution is -2.38. The third-order valence-electron chi connectivity index (χ3n) is 4.54. The van der Waals surface area contributed by atoms with Crippen molar-refractivity contribution in [2.45, 2.75) is 24.7 Å². The monoisotopic (exact) mass is 423 g/mol. The van der Waals surface area contributed by atoms with E-state index in [-0.39, 0.29) is 21.9 Å². The molecule has 1 aliphatic heterocycles. The average Bonchev–Trinajstić information content (AvgIpc) is 2.62. The molecule has 1 fully saturated rings. The van der Waals surface area contributed by atoms with Gasteiger partial charge < -0.3 is 5.73 Å². The maximum Gasteiger partial charge on any atom is 0.262 e. The van der Waals surface area contributed by atoms with Gasteiger partial charge in [-0.15, -0.1) is 0 Å². The number of carbonyl (C=O) groups excluding carboxylic acids is 1. The van der Waals surface area contributed by atoms with Crippen molar-refractivity contribution in [2.75, 3.05) is 21.3 Å². The smallest absolute Gasteiger partial charge is 0.262 e. The normalized spacial score (nSPS) is 16.5. The second-order valence-electron chi connectivity index (χ2n) is 6.56. The van der Waals surface area contributed by atoms with E-state index in [9.17, 15) is 21.6 Å². The van der Waals surface area contributed by atoms with E-state index >= 15 is 0 Å². The Hall–Kier alpha value is -2.59. The van der Waals surface area contributed by atoms with Crippen LogP contribution in [0.2, 0.25) is 0 Å². The molecule has 3 N–H and O–H groups in total. The Morgan fingerprint density at radius 3 is 2.54 bits per heavy atom. The fourth-order valence-corrected chi connectivity index (χ4v) is 6.08. The molecule has 2 aromatic rings. The Bertz CT molecular complexity index is 1130. The molecule has 28 heavy (non-hydrogen) atoms. The number of primary amides is 1. The minimum absolute atomic E-state index is 0.0349. The summed E-state index contributed by atoms with van der Waals surface area (Å²) in [7, 11) is -7.55. The van der Waals surface area contributed by atoms with Gasteiger partial charge >= 0.3 is 0 Å². The molecule has 0 radical (unpaired) electrons. The molecule has 150 valence electrons. The van der Waals surface area contributed by atoms with E-state index in [4.69, 9.17) is 5.73 Å². The zero-order valence-corrected chi connectivity index (χ0v) is 16.9. The predicted octanol–water partition coefficient (Wildman–Crippen LogP) is 1.82. The Balaban J connectivity index is 2.02. The van der Waals surface area contributed by atoms with Crippen molar-refractivity contribution in [3.63, 3.8) is 0 Å². The Morgan fingerprint density at radius 1 is 1.14 bits per heavy atom. The number of hydrogen-bond donors (Lipinski definition) is 2. The molecule has 0 saturated carbocycles. The number of nitrogens with zero attached hydrogens (tertiary/aromatic N) is 1. The highest BCUT2D eigenvalue weighted by Gasteiger charge is 2.28. The topological polar surface area (TPSA) is 127 Å². The quantitative estimate of drug-likeness (QED) is 0.758. The second-order valence-corrected chi connectivity index (χ2v) is 10.2. The van der Waals surface area contributed by atoms with Gasteiger partial charge in [-0.2, -0.15) is 0 Å². The molecule has 1 saturated heterocycles. The Labute approximate surface area is 164 Å². The summed E-state index contributed by atoms with van der Waals surface area (Å²) in [6.45, 7) is 1.92. The number of carbonyl (C=O) groups is 1. The van der Waals surface area contributed by atoms with E-state index in [1.807, 2.05) is 0 Å². The average molecular weight is 424 g/mol. The fourth-order valence-electron chi connectivity index (χ4n) is 3.10. The van der Waals surface area contributed by atoms with Gasteiger partial charge in [0.15, 0.2) is 0 Å². The minimum Gasteiger partial charge on any atom is -0.366 e. The SMILES string of the molecule is Cc1ccc(N2CCCCS2(=O)=O)cc1S(=O)(=O)Nc1ccccc1C(N)=O. The summed E-state index contributed by atoms with van der Waals surface area (Å²) in [6.07, 6.45) is 1.29. The number of anilines is 2. The number of para-hydroxylation sites is 1. The molecule has 1 amide bonds. The van der Waals surface area contributed by atoms with E-state index in [0.717, 1.165) is 0 Å². The highest BCUT2D eigenvalue weighted by atomic mass is 32.2. The zero-order valence-electron chi connectivity index (χ0n) is 15.3. The summed E-state index contributed by atoms with van der Waals surface area (Å²) < 4.78 is 54.2. The molecule has 1 aliphatic rings. The maximum atomic E-state index is 13.0. The number of rotatable bonds is 5. The predicted molar refractivity (Wildman–Crippen MR) is 107 cm³/mol. The Kier molecular flexibility index (Phi) is 5.35. The van der Waals surface area contributed by atoms with Gasteiger partial charge in [-0.3, -0.25) is 13.8 Å². The van der Waals surface area contributed by atoms with E-state index in [1.54, 1.807) is 31.2 Å². The van der Waals surface area contributed by atoms with Crippen LogP contribution >= 0.6 is 0 Å². The number of amides is 1. The van der Waals surface area contributed by atoms with Gasteiger partial charge in [0, 0.05) is 6.54 Å². The van der Waals surface area contributed by atoms with Gasteiger partial charge in [0.05, 0.1) is 27.6 Å². The van der Waals surface area contributed by atoms with Crippen molar-refractivity contribution in [3.8, 4) is 0 Å². The van der Waals surface area contributed by atoms with Crippen LogP contribution < -0.4 is 14.8 Å². The molecule has 0 aliphatic carbocycles. The Morgan fingerprint density at radius 2 is 1.86 bits per heavy atom. The van der Waals surface area contributed by atoms with Crippen LogP contribution in [0.4, 0.5) is 11.4 Å². The van der Waals surface area contributed by atoms with Crippen LogP contribution in [0.15, 0.2) is 47.4 Å². The van der Waals surface area contributed by atoms with Crippen molar-refractivity contribution in [1.29, 1.82) is 0 Å². The van der Waals surface area contributed by atoms with Crippen molar-refractivity contribution in [2.24, 2.45) is 5.73 Å². The van der Waals surface area contributed by atoms with Crippen LogP contribution in [0.1, 0.15) is 28.8 Å².